The van der Waals surface area contributed by atoms with Crippen LogP contribution in [0, 0.1) is 12.3 Å². The first kappa shape index (κ1) is 9.13. The van der Waals surface area contributed by atoms with E-state index in [1.807, 2.05) is 31.2 Å². The number of benzene rings is 1. The van der Waals surface area contributed by atoms with Crippen LogP contribution in [0.4, 0.5) is 0 Å². The SMILES string of the molecule is Cc1ccccc1C1(C(=O)C=N)CC1. The molecule has 1 aromatic rings. The summed E-state index contributed by atoms with van der Waals surface area (Å²) in [5, 5.41) is 7.05. The summed E-state index contributed by atoms with van der Waals surface area (Å²) in [7, 11) is 0. The van der Waals surface area contributed by atoms with Gasteiger partial charge in [0.05, 0.1) is 11.6 Å². The predicted molar refractivity (Wildman–Crippen MR) is 55.9 cm³/mol. The molecule has 0 unspecified atom stereocenters. The highest BCUT2D eigenvalue weighted by atomic mass is 16.1. The molecule has 0 saturated heterocycles. The van der Waals surface area contributed by atoms with E-state index in [0.29, 0.717) is 0 Å². The minimum atomic E-state index is -0.340. The number of carbonyl (C=O) groups excluding carboxylic acids is 1. The molecule has 1 aliphatic carbocycles. The maximum atomic E-state index is 11.6. The summed E-state index contributed by atoms with van der Waals surface area (Å²) in [6.07, 6.45) is 2.75. The normalized spacial score (nSPS) is 17.5. The monoisotopic (exact) mass is 187 g/mol. The van der Waals surface area contributed by atoms with Crippen LogP contribution in [-0.2, 0) is 10.2 Å². The second-order valence-corrected chi connectivity index (χ2v) is 3.91. The van der Waals surface area contributed by atoms with E-state index in [2.05, 4.69) is 0 Å². The van der Waals surface area contributed by atoms with Crippen LogP contribution in [0.1, 0.15) is 24.0 Å². The molecule has 0 bridgehead atoms. The molecule has 1 N–H and O–H groups in total. The molecule has 0 radical (unpaired) electrons. The van der Waals surface area contributed by atoms with E-state index < -0.39 is 0 Å². The number of rotatable bonds is 3. The molecule has 0 heterocycles. The van der Waals surface area contributed by atoms with Crippen molar-refractivity contribution in [3.8, 4) is 0 Å². The van der Waals surface area contributed by atoms with Crippen molar-refractivity contribution >= 4 is 12.0 Å². The van der Waals surface area contributed by atoms with Crippen molar-refractivity contribution in [3.63, 3.8) is 0 Å². The minimum Gasteiger partial charge on any atom is -0.305 e. The molecule has 2 heteroatoms. The Balaban J connectivity index is 2.45. The van der Waals surface area contributed by atoms with Crippen molar-refractivity contribution in [2.24, 2.45) is 0 Å². The molecule has 0 aliphatic heterocycles. The molecule has 1 aromatic carbocycles. The lowest BCUT2D eigenvalue weighted by Crippen LogP contribution is -2.22. The third kappa shape index (κ3) is 1.18. The van der Waals surface area contributed by atoms with Crippen LogP contribution in [0.15, 0.2) is 24.3 Å². The molecule has 1 fully saturated rings. The van der Waals surface area contributed by atoms with Crippen molar-refractivity contribution in [2.75, 3.05) is 0 Å². The molecule has 2 nitrogen and oxygen atoms in total. The number of ketones is 1. The topological polar surface area (TPSA) is 40.9 Å². The van der Waals surface area contributed by atoms with Crippen LogP contribution in [0.5, 0.6) is 0 Å². The Labute approximate surface area is 83.5 Å². The molecule has 0 aromatic heterocycles. The zero-order valence-electron chi connectivity index (χ0n) is 8.21. The standard InChI is InChI=1S/C12H13NO/c1-9-4-2-3-5-10(9)12(6-7-12)11(14)8-13/h2-5,8,13H,6-7H2,1H3. The average Bonchev–Trinajstić information content (AvgIpc) is 2.98. The number of hydrogen-bond acceptors (Lipinski definition) is 2. The van der Waals surface area contributed by atoms with E-state index in [9.17, 15) is 4.79 Å². The lowest BCUT2D eigenvalue weighted by molar-refractivity contribution is -0.114. The Hall–Kier alpha value is -1.44. The van der Waals surface area contributed by atoms with Gasteiger partial charge in [-0.3, -0.25) is 4.79 Å². The Morgan fingerprint density at radius 1 is 1.43 bits per heavy atom. The van der Waals surface area contributed by atoms with Gasteiger partial charge in [0.15, 0.2) is 5.78 Å². The highest BCUT2D eigenvalue weighted by Crippen LogP contribution is 2.49. The number of aryl methyl sites for hydroxylation is 1. The molecule has 0 amide bonds. The summed E-state index contributed by atoms with van der Waals surface area (Å²) in [5.74, 6) is -0.0493. The van der Waals surface area contributed by atoms with Crippen molar-refractivity contribution < 1.29 is 4.79 Å². The van der Waals surface area contributed by atoms with Gasteiger partial charge in [0.1, 0.15) is 0 Å². The Kier molecular flexibility index (Phi) is 1.99. The van der Waals surface area contributed by atoms with Crippen molar-refractivity contribution in [3.05, 3.63) is 35.4 Å². The fourth-order valence-corrected chi connectivity index (χ4v) is 2.02. The smallest absolute Gasteiger partial charge is 0.183 e. The van der Waals surface area contributed by atoms with Crippen LogP contribution in [0.3, 0.4) is 0 Å². The van der Waals surface area contributed by atoms with E-state index in [0.717, 1.165) is 30.2 Å². The molecular weight excluding hydrogens is 174 g/mol. The molecule has 72 valence electrons. The van der Waals surface area contributed by atoms with E-state index in [-0.39, 0.29) is 11.2 Å². The number of Topliss-reactive ketones (excluding diaryl/α,β-unsaturated/α-hetero) is 1. The van der Waals surface area contributed by atoms with Gasteiger partial charge < -0.3 is 5.41 Å². The third-order valence-corrected chi connectivity index (χ3v) is 3.01. The first-order chi connectivity index (χ1) is 6.70. The van der Waals surface area contributed by atoms with Crippen LogP contribution in [-0.4, -0.2) is 12.0 Å². The Morgan fingerprint density at radius 2 is 2.07 bits per heavy atom. The lowest BCUT2D eigenvalue weighted by atomic mass is 9.88. The van der Waals surface area contributed by atoms with Gasteiger partial charge in [0, 0.05) is 0 Å². The maximum Gasteiger partial charge on any atom is 0.183 e. The largest absolute Gasteiger partial charge is 0.305 e. The highest BCUT2D eigenvalue weighted by Gasteiger charge is 2.50. The summed E-state index contributed by atoms with van der Waals surface area (Å²) in [5.41, 5.74) is 1.92. The van der Waals surface area contributed by atoms with Crippen molar-refractivity contribution in [1.82, 2.24) is 0 Å². The van der Waals surface area contributed by atoms with Gasteiger partial charge in [0.2, 0.25) is 0 Å². The van der Waals surface area contributed by atoms with Crippen molar-refractivity contribution in [2.45, 2.75) is 25.2 Å². The Morgan fingerprint density at radius 3 is 2.57 bits per heavy atom. The fourth-order valence-electron chi connectivity index (χ4n) is 2.02. The zero-order valence-corrected chi connectivity index (χ0v) is 8.21. The van der Waals surface area contributed by atoms with Crippen molar-refractivity contribution in [1.29, 1.82) is 5.41 Å². The minimum absolute atomic E-state index is 0.0493. The molecule has 1 aliphatic rings. The predicted octanol–water partition coefficient (Wildman–Crippen LogP) is 2.25. The lowest BCUT2D eigenvalue weighted by Gasteiger charge is -2.14. The summed E-state index contributed by atoms with van der Waals surface area (Å²) in [4.78, 5) is 11.6. The Bertz CT molecular complexity index is 391. The second kappa shape index (κ2) is 3.05. The summed E-state index contributed by atoms with van der Waals surface area (Å²) in [6.45, 7) is 2.02. The van der Waals surface area contributed by atoms with E-state index in [4.69, 9.17) is 5.41 Å². The van der Waals surface area contributed by atoms with Crippen LogP contribution < -0.4 is 0 Å². The van der Waals surface area contributed by atoms with Gasteiger partial charge in [-0.1, -0.05) is 24.3 Å². The van der Waals surface area contributed by atoms with Gasteiger partial charge in [-0.05, 0) is 30.9 Å². The summed E-state index contributed by atoms with van der Waals surface area (Å²) < 4.78 is 0. The van der Waals surface area contributed by atoms with E-state index in [1.165, 1.54) is 0 Å². The van der Waals surface area contributed by atoms with Gasteiger partial charge >= 0.3 is 0 Å². The molecule has 14 heavy (non-hydrogen) atoms. The number of carbonyl (C=O) groups is 1. The fraction of sp³-hybridized carbons (Fsp3) is 0.333. The van der Waals surface area contributed by atoms with Crippen LogP contribution >= 0.6 is 0 Å². The first-order valence-corrected chi connectivity index (χ1v) is 4.82. The van der Waals surface area contributed by atoms with Gasteiger partial charge in [-0.25, -0.2) is 0 Å². The zero-order chi connectivity index (χ0) is 10.2. The second-order valence-electron chi connectivity index (χ2n) is 3.91. The van der Waals surface area contributed by atoms with Gasteiger partial charge in [-0.2, -0.15) is 0 Å². The molecule has 0 atom stereocenters. The van der Waals surface area contributed by atoms with E-state index in [1.54, 1.807) is 0 Å². The number of hydrogen-bond donors (Lipinski definition) is 1. The molecular formula is C12H13NO. The highest BCUT2D eigenvalue weighted by molar-refractivity contribution is 6.31. The quantitative estimate of drug-likeness (QED) is 0.724. The van der Waals surface area contributed by atoms with Crippen LogP contribution in [0.2, 0.25) is 0 Å². The third-order valence-electron chi connectivity index (χ3n) is 3.01. The maximum absolute atomic E-state index is 11.6. The van der Waals surface area contributed by atoms with Gasteiger partial charge in [0.25, 0.3) is 0 Å². The first-order valence-electron chi connectivity index (χ1n) is 4.82. The summed E-state index contributed by atoms with van der Waals surface area (Å²) >= 11 is 0. The van der Waals surface area contributed by atoms with E-state index >= 15 is 0 Å². The average molecular weight is 187 g/mol. The molecule has 1 saturated carbocycles. The summed E-state index contributed by atoms with van der Waals surface area (Å²) in [6, 6.07) is 7.96. The molecule has 2 rings (SSSR count). The van der Waals surface area contributed by atoms with Gasteiger partial charge in [-0.15, -0.1) is 0 Å². The number of nitrogens with one attached hydrogen (secondary N) is 1. The van der Waals surface area contributed by atoms with Crippen LogP contribution in [0.25, 0.3) is 0 Å². The molecule has 0 spiro atoms.